The van der Waals surface area contributed by atoms with Crippen molar-refractivity contribution in [2.45, 2.75) is 66.5 Å². The predicted octanol–water partition coefficient (Wildman–Crippen LogP) is 3.64. The van der Waals surface area contributed by atoms with E-state index in [1.54, 1.807) is 0 Å². The number of carbonyl (C=O) groups is 2. The summed E-state index contributed by atoms with van der Waals surface area (Å²) in [5.41, 5.74) is 4.98. The van der Waals surface area contributed by atoms with Crippen LogP contribution in [0, 0.1) is 19.8 Å². The second-order valence-corrected chi connectivity index (χ2v) is 8.70. The van der Waals surface area contributed by atoms with Crippen LogP contribution < -0.4 is 5.32 Å². The molecule has 30 heavy (non-hydrogen) atoms. The van der Waals surface area contributed by atoms with E-state index in [1.165, 1.54) is 5.56 Å². The van der Waals surface area contributed by atoms with Gasteiger partial charge in [0, 0.05) is 43.9 Å². The number of rotatable bonds is 8. The van der Waals surface area contributed by atoms with E-state index in [-0.39, 0.29) is 11.8 Å². The molecule has 1 aromatic carbocycles. The van der Waals surface area contributed by atoms with Crippen molar-refractivity contribution in [1.29, 1.82) is 0 Å². The Labute approximate surface area is 179 Å². The molecule has 0 bridgehead atoms. The molecule has 1 aliphatic rings. The van der Waals surface area contributed by atoms with Gasteiger partial charge in [0.1, 0.15) is 0 Å². The second kappa shape index (κ2) is 9.92. The van der Waals surface area contributed by atoms with E-state index in [1.807, 2.05) is 36.1 Å². The van der Waals surface area contributed by atoms with Crippen molar-refractivity contribution in [1.82, 2.24) is 20.0 Å². The van der Waals surface area contributed by atoms with Gasteiger partial charge in [-0.3, -0.25) is 14.3 Å². The van der Waals surface area contributed by atoms with Crippen LogP contribution in [0.2, 0.25) is 0 Å². The van der Waals surface area contributed by atoms with E-state index in [0.29, 0.717) is 30.9 Å². The predicted molar refractivity (Wildman–Crippen MR) is 118 cm³/mol. The fourth-order valence-electron chi connectivity index (χ4n) is 4.06. The molecule has 1 fully saturated rings. The van der Waals surface area contributed by atoms with Gasteiger partial charge in [-0.2, -0.15) is 5.10 Å². The summed E-state index contributed by atoms with van der Waals surface area (Å²) in [4.78, 5) is 26.9. The fraction of sp³-hybridized carbons (Fsp3) is 0.542. The average Bonchev–Trinajstić information content (AvgIpc) is 3.33. The Morgan fingerprint density at radius 1 is 1.17 bits per heavy atom. The SMILES string of the molecule is Cc1nn(CC(C)C)c(C)c1CCC(=O)NCc1cccc(C(=O)N2CCCC2)c1. The van der Waals surface area contributed by atoms with E-state index >= 15 is 0 Å². The summed E-state index contributed by atoms with van der Waals surface area (Å²) in [6.45, 7) is 11.5. The van der Waals surface area contributed by atoms with Gasteiger partial charge in [0.2, 0.25) is 5.91 Å². The van der Waals surface area contributed by atoms with Gasteiger partial charge in [-0.25, -0.2) is 0 Å². The first kappa shape index (κ1) is 22.1. The molecule has 2 heterocycles. The molecule has 6 nitrogen and oxygen atoms in total. The molecule has 3 rings (SSSR count). The highest BCUT2D eigenvalue weighted by molar-refractivity contribution is 5.94. The maximum atomic E-state index is 12.6. The highest BCUT2D eigenvalue weighted by Gasteiger charge is 2.19. The molecule has 2 aromatic rings. The van der Waals surface area contributed by atoms with Crippen LogP contribution in [0.4, 0.5) is 0 Å². The van der Waals surface area contributed by atoms with Gasteiger partial charge in [0.25, 0.3) is 5.91 Å². The van der Waals surface area contributed by atoms with Gasteiger partial charge in [0.05, 0.1) is 5.69 Å². The summed E-state index contributed by atoms with van der Waals surface area (Å²) >= 11 is 0. The number of amides is 2. The Morgan fingerprint density at radius 2 is 1.90 bits per heavy atom. The number of aromatic nitrogens is 2. The molecule has 0 aliphatic carbocycles. The summed E-state index contributed by atoms with van der Waals surface area (Å²) in [6, 6.07) is 7.59. The lowest BCUT2D eigenvalue weighted by atomic mass is 10.1. The molecule has 0 atom stereocenters. The topological polar surface area (TPSA) is 67.2 Å². The van der Waals surface area contributed by atoms with Gasteiger partial charge in [-0.15, -0.1) is 0 Å². The Kier molecular flexibility index (Phi) is 7.29. The summed E-state index contributed by atoms with van der Waals surface area (Å²) in [5.74, 6) is 0.638. The van der Waals surface area contributed by atoms with Gasteiger partial charge in [0.15, 0.2) is 0 Å². The van der Waals surface area contributed by atoms with Crippen molar-refractivity contribution in [3.63, 3.8) is 0 Å². The maximum absolute atomic E-state index is 12.6. The minimum absolute atomic E-state index is 0.0154. The third kappa shape index (κ3) is 5.49. The van der Waals surface area contributed by atoms with E-state index in [9.17, 15) is 9.59 Å². The molecule has 0 spiro atoms. The lowest BCUT2D eigenvalue weighted by Crippen LogP contribution is -2.28. The van der Waals surface area contributed by atoms with Crippen LogP contribution in [0.3, 0.4) is 0 Å². The van der Waals surface area contributed by atoms with Crippen molar-refractivity contribution >= 4 is 11.8 Å². The van der Waals surface area contributed by atoms with Gasteiger partial charge >= 0.3 is 0 Å². The van der Waals surface area contributed by atoms with E-state index < -0.39 is 0 Å². The molecule has 1 aromatic heterocycles. The van der Waals surface area contributed by atoms with E-state index in [2.05, 4.69) is 35.9 Å². The number of aryl methyl sites for hydroxylation is 1. The zero-order chi connectivity index (χ0) is 21.7. The van der Waals surface area contributed by atoms with Crippen LogP contribution in [0.5, 0.6) is 0 Å². The summed E-state index contributed by atoms with van der Waals surface area (Å²) in [5, 5.41) is 7.62. The third-order valence-electron chi connectivity index (χ3n) is 5.73. The molecule has 162 valence electrons. The van der Waals surface area contributed by atoms with Gasteiger partial charge < -0.3 is 10.2 Å². The molecule has 1 aliphatic heterocycles. The number of hydrogen-bond acceptors (Lipinski definition) is 3. The number of likely N-dealkylation sites (tertiary alicyclic amines) is 1. The number of hydrogen-bond donors (Lipinski definition) is 1. The normalized spacial score (nSPS) is 13.8. The molecule has 1 N–H and O–H groups in total. The van der Waals surface area contributed by atoms with Crippen LogP contribution in [0.1, 0.15) is 66.0 Å². The summed E-state index contributed by atoms with van der Waals surface area (Å²) in [6.07, 6.45) is 3.28. The summed E-state index contributed by atoms with van der Waals surface area (Å²) in [7, 11) is 0. The van der Waals surface area contributed by atoms with Crippen LogP contribution >= 0.6 is 0 Å². The highest BCUT2D eigenvalue weighted by atomic mass is 16.2. The maximum Gasteiger partial charge on any atom is 0.253 e. The molecule has 1 saturated heterocycles. The molecule has 0 radical (unpaired) electrons. The highest BCUT2D eigenvalue weighted by Crippen LogP contribution is 2.17. The first-order chi connectivity index (χ1) is 14.3. The van der Waals surface area contributed by atoms with Crippen LogP contribution in [-0.2, 0) is 24.3 Å². The monoisotopic (exact) mass is 410 g/mol. The minimum Gasteiger partial charge on any atom is -0.352 e. The van der Waals surface area contributed by atoms with Gasteiger partial charge in [-0.1, -0.05) is 26.0 Å². The molecular weight excluding hydrogens is 376 g/mol. The number of carbonyl (C=O) groups excluding carboxylic acids is 2. The fourth-order valence-corrected chi connectivity index (χ4v) is 4.06. The Balaban J connectivity index is 1.52. The second-order valence-electron chi connectivity index (χ2n) is 8.70. The molecule has 0 saturated carbocycles. The molecular formula is C24H34N4O2. The molecule has 6 heteroatoms. The lowest BCUT2D eigenvalue weighted by Gasteiger charge is -2.15. The first-order valence-corrected chi connectivity index (χ1v) is 11.0. The smallest absolute Gasteiger partial charge is 0.253 e. The summed E-state index contributed by atoms with van der Waals surface area (Å²) < 4.78 is 2.05. The minimum atomic E-state index is 0.0154. The van der Waals surface area contributed by atoms with Crippen molar-refractivity contribution in [2.75, 3.05) is 13.1 Å². The third-order valence-corrected chi connectivity index (χ3v) is 5.73. The first-order valence-electron chi connectivity index (χ1n) is 11.0. The zero-order valence-electron chi connectivity index (χ0n) is 18.7. The average molecular weight is 411 g/mol. The number of benzene rings is 1. The van der Waals surface area contributed by atoms with Crippen molar-refractivity contribution in [3.05, 3.63) is 52.3 Å². The number of nitrogens with one attached hydrogen (secondary N) is 1. The lowest BCUT2D eigenvalue weighted by molar-refractivity contribution is -0.121. The van der Waals surface area contributed by atoms with Crippen molar-refractivity contribution < 1.29 is 9.59 Å². The molecule has 0 unspecified atom stereocenters. The number of nitrogens with zero attached hydrogens (tertiary/aromatic N) is 3. The quantitative estimate of drug-likeness (QED) is 0.722. The van der Waals surface area contributed by atoms with Crippen LogP contribution in [0.15, 0.2) is 24.3 Å². The van der Waals surface area contributed by atoms with E-state index in [0.717, 1.165) is 49.4 Å². The van der Waals surface area contributed by atoms with Gasteiger partial charge in [-0.05, 0) is 62.3 Å². The van der Waals surface area contributed by atoms with Crippen LogP contribution in [0.25, 0.3) is 0 Å². The van der Waals surface area contributed by atoms with E-state index in [4.69, 9.17) is 0 Å². The van der Waals surface area contributed by atoms with Crippen LogP contribution in [-0.4, -0.2) is 39.6 Å². The largest absolute Gasteiger partial charge is 0.352 e. The Morgan fingerprint density at radius 3 is 2.60 bits per heavy atom. The zero-order valence-corrected chi connectivity index (χ0v) is 18.7. The van der Waals surface area contributed by atoms with Crippen molar-refractivity contribution in [2.24, 2.45) is 5.92 Å². The Bertz CT molecular complexity index is 895. The Hall–Kier alpha value is -2.63. The molecule has 2 amide bonds. The van der Waals surface area contributed by atoms with Crippen molar-refractivity contribution in [3.8, 4) is 0 Å². The standard InChI is InChI=1S/C24H34N4O2/c1-17(2)16-28-19(4)22(18(3)26-28)10-11-23(29)25-15-20-8-7-9-21(14-20)24(30)27-12-5-6-13-27/h7-9,14,17H,5-6,10-13,15-16H2,1-4H3,(H,25,29).